The minimum absolute atomic E-state index is 0.493. The number of benzene rings is 11. The molecule has 330 valence electrons. The van der Waals surface area contributed by atoms with Crippen LogP contribution in [0, 0.1) is 0 Å². The first kappa shape index (κ1) is 38.6. The van der Waals surface area contributed by atoms with Gasteiger partial charge >= 0.3 is 0 Å². The van der Waals surface area contributed by atoms with E-state index in [2.05, 4.69) is 223 Å². The first-order valence-electron chi connectivity index (χ1n) is 24.3. The largest absolute Gasteiger partial charge is 0.456 e. The lowest BCUT2D eigenvalue weighted by Gasteiger charge is -2.30. The number of furan rings is 3. The molecule has 2 aliphatic rings. The molecule has 0 atom stereocenters. The van der Waals surface area contributed by atoms with Crippen molar-refractivity contribution in [3.63, 3.8) is 0 Å². The maximum atomic E-state index is 7.44. The van der Waals surface area contributed by atoms with Gasteiger partial charge in [-0.15, -0.1) is 0 Å². The van der Waals surface area contributed by atoms with Gasteiger partial charge < -0.3 is 18.2 Å². The lowest BCUT2D eigenvalue weighted by molar-refractivity contribution is 0.664. The van der Waals surface area contributed by atoms with Gasteiger partial charge in [-0.1, -0.05) is 182 Å². The van der Waals surface area contributed by atoms with Crippen LogP contribution in [-0.2, 0) is 5.41 Å². The Bertz CT molecular complexity index is 4500. The molecule has 3 aromatic heterocycles. The molecule has 14 aromatic rings. The van der Waals surface area contributed by atoms with Gasteiger partial charge in [0.15, 0.2) is 5.58 Å². The van der Waals surface area contributed by atoms with Gasteiger partial charge in [-0.05, 0) is 110 Å². The molecular formula is C67H39NO3. The zero-order chi connectivity index (χ0) is 46.4. The highest BCUT2D eigenvalue weighted by Crippen LogP contribution is 2.64. The molecule has 0 amide bonds. The number of anilines is 3. The van der Waals surface area contributed by atoms with Gasteiger partial charge in [0.05, 0.1) is 16.8 Å². The lowest BCUT2D eigenvalue weighted by atomic mass is 9.70. The highest BCUT2D eigenvalue weighted by atomic mass is 16.3. The Hall–Kier alpha value is -9.38. The fraction of sp³-hybridized carbons (Fsp3) is 0.0149. The zero-order valence-electron chi connectivity index (χ0n) is 38.2. The van der Waals surface area contributed by atoms with E-state index in [0.29, 0.717) is 0 Å². The maximum absolute atomic E-state index is 7.44. The van der Waals surface area contributed by atoms with Crippen LogP contribution < -0.4 is 4.90 Å². The monoisotopic (exact) mass is 905 g/mol. The van der Waals surface area contributed by atoms with Gasteiger partial charge in [-0.25, -0.2) is 0 Å². The van der Waals surface area contributed by atoms with Gasteiger partial charge in [0, 0.05) is 49.6 Å². The minimum Gasteiger partial charge on any atom is -0.456 e. The van der Waals surface area contributed by atoms with Gasteiger partial charge in [0.2, 0.25) is 0 Å². The SMILES string of the molecule is c1ccc(-c2cccc(N(c3ccc4c(c3)oc3c(-c5cccc6c5-c5ccccc5C65c6ccccc6-c6ccccc65)c5c(cc34)oc3ccccc35)c3cccc4c3oc3ccccc34)c2)cc1. The molecule has 4 heteroatoms. The number of hydrogen-bond acceptors (Lipinski definition) is 4. The van der Waals surface area contributed by atoms with Crippen LogP contribution in [-0.4, -0.2) is 0 Å². The fourth-order valence-electron chi connectivity index (χ4n) is 12.6. The molecule has 0 aliphatic heterocycles. The lowest BCUT2D eigenvalue weighted by Crippen LogP contribution is -2.25. The third-order valence-corrected chi connectivity index (χ3v) is 15.5. The summed E-state index contributed by atoms with van der Waals surface area (Å²) in [4.78, 5) is 2.31. The molecule has 16 rings (SSSR count). The molecule has 3 heterocycles. The number of para-hydroxylation sites is 3. The van der Waals surface area contributed by atoms with E-state index < -0.39 is 5.41 Å². The first-order valence-corrected chi connectivity index (χ1v) is 24.3. The van der Waals surface area contributed by atoms with E-state index in [1.807, 2.05) is 18.2 Å². The Morgan fingerprint density at radius 1 is 0.296 bits per heavy atom. The fourth-order valence-corrected chi connectivity index (χ4v) is 12.6. The number of fused-ring (bicyclic) bond motifs is 19. The number of hydrogen-bond donors (Lipinski definition) is 0. The Balaban J connectivity index is 0.973. The summed E-state index contributed by atoms with van der Waals surface area (Å²) in [5.74, 6) is 0. The second-order valence-electron chi connectivity index (χ2n) is 19.0. The van der Waals surface area contributed by atoms with Gasteiger partial charge in [0.1, 0.15) is 27.9 Å². The van der Waals surface area contributed by atoms with E-state index in [0.717, 1.165) is 105 Å². The summed E-state index contributed by atoms with van der Waals surface area (Å²) in [6.45, 7) is 0. The van der Waals surface area contributed by atoms with Crippen molar-refractivity contribution in [1.82, 2.24) is 0 Å². The van der Waals surface area contributed by atoms with Crippen molar-refractivity contribution in [3.8, 4) is 44.5 Å². The average molecular weight is 906 g/mol. The summed E-state index contributed by atoms with van der Waals surface area (Å²) in [6.07, 6.45) is 0. The van der Waals surface area contributed by atoms with Crippen LogP contribution in [0.5, 0.6) is 0 Å². The Morgan fingerprint density at radius 3 is 1.66 bits per heavy atom. The van der Waals surface area contributed by atoms with Crippen LogP contribution in [0.1, 0.15) is 22.3 Å². The second-order valence-corrected chi connectivity index (χ2v) is 19.0. The third-order valence-electron chi connectivity index (χ3n) is 15.5. The van der Waals surface area contributed by atoms with E-state index in [1.165, 1.54) is 44.5 Å². The molecule has 0 fully saturated rings. The molecule has 71 heavy (non-hydrogen) atoms. The van der Waals surface area contributed by atoms with E-state index in [4.69, 9.17) is 13.3 Å². The molecule has 0 unspecified atom stereocenters. The van der Waals surface area contributed by atoms with Crippen LogP contribution in [0.15, 0.2) is 250 Å². The number of nitrogens with zero attached hydrogens (tertiary/aromatic N) is 1. The molecule has 0 saturated carbocycles. The molecule has 0 bridgehead atoms. The molecular weight excluding hydrogens is 867 g/mol. The van der Waals surface area contributed by atoms with Gasteiger partial charge in [-0.3, -0.25) is 0 Å². The van der Waals surface area contributed by atoms with Crippen molar-refractivity contribution < 1.29 is 13.3 Å². The molecule has 0 saturated heterocycles. The van der Waals surface area contributed by atoms with Crippen LogP contribution in [0.4, 0.5) is 17.1 Å². The van der Waals surface area contributed by atoms with Crippen molar-refractivity contribution >= 4 is 82.9 Å². The first-order chi connectivity index (χ1) is 35.2. The van der Waals surface area contributed by atoms with Crippen LogP contribution in [0.2, 0.25) is 0 Å². The molecule has 4 nitrogen and oxygen atoms in total. The average Bonchev–Trinajstić information content (AvgIpc) is 4.25. The van der Waals surface area contributed by atoms with Crippen molar-refractivity contribution in [2.24, 2.45) is 0 Å². The molecule has 11 aromatic carbocycles. The predicted molar refractivity (Wildman–Crippen MR) is 290 cm³/mol. The smallest absolute Gasteiger partial charge is 0.159 e. The van der Waals surface area contributed by atoms with Gasteiger partial charge in [-0.2, -0.15) is 0 Å². The Morgan fingerprint density at radius 2 is 0.859 bits per heavy atom. The maximum Gasteiger partial charge on any atom is 0.159 e. The van der Waals surface area contributed by atoms with Crippen LogP contribution in [0.25, 0.3) is 110 Å². The van der Waals surface area contributed by atoms with E-state index in [-0.39, 0.29) is 0 Å². The standard InChI is InChI=1S/C67H39NO3/c1-2-17-40(18-3-1)41-19-14-20-42(37-41)68(57-32-16-26-48-46-23-7-12-33-58(46)70-65(48)57)43-35-36-47-52-39-61-63(50-25-8-13-34-59(50)69-61)64(66(52)71-60(47)38-43)51-27-15-31-56-62(51)49-24-6-11-30-55(49)67(56)53-28-9-4-21-44(53)45-22-5-10-29-54(45)67/h1-39H. The normalized spacial score (nSPS) is 13.2. The topological polar surface area (TPSA) is 42.7 Å². The number of rotatable bonds is 5. The summed E-state index contributed by atoms with van der Waals surface area (Å²) < 4.78 is 21.0. The Kier molecular flexibility index (Phi) is 7.79. The Labute approximate surface area is 407 Å². The van der Waals surface area contributed by atoms with Crippen molar-refractivity contribution in [1.29, 1.82) is 0 Å². The van der Waals surface area contributed by atoms with Crippen molar-refractivity contribution in [2.45, 2.75) is 5.41 Å². The highest BCUT2D eigenvalue weighted by molar-refractivity contribution is 6.25. The van der Waals surface area contributed by atoms with Crippen molar-refractivity contribution in [3.05, 3.63) is 259 Å². The minimum atomic E-state index is -0.493. The molecule has 0 radical (unpaired) electrons. The van der Waals surface area contributed by atoms with E-state index >= 15 is 0 Å². The highest BCUT2D eigenvalue weighted by Gasteiger charge is 2.52. The van der Waals surface area contributed by atoms with E-state index in [1.54, 1.807) is 0 Å². The summed E-state index contributed by atoms with van der Waals surface area (Å²) in [5, 5.41) is 6.26. The third kappa shape index (κ3) is 5.18. The second kappa shape index (κ2) is 14.3. The molecule has 2 aliphatic carbocycles. The molecule has 0 N–H and O–H groups in total. The van der Waals surface area contributed by atoms with Crippen LogP contribution in [0.3, 0.4) is 0 Å². The summed E-state index contributed by atoms with van der Waals surface area (Å²) in [5.41, 5.74) is 22.0. The summed E-state index contributed by atoms with van der Waals surface area (Å²) >= 11 is 0. The van der Waals surface area contributed by atoms with E-state index in [9.17, 15) is 0 Å². The van der Waals surface area contributed by atoms with Crippen molar-refractivity contribution in [2.75, 3.05) is 4.90 Å². The van der Waals surface area contributed by atoms with Crippen LogP contribution >= 0.6 is 0 Å². The quantitative estimate of drug-likeness (QED) is 0.173. The summed E-state index contributed by atoms with van der Waals surface area (Å²) in [6, 6.07) is 85.2. The summed E-state index contributed by atoms with van der Waals surface area (Å²) in [7, 11) is 0. The van der Waals surface area contributed by atoms with Gasteiger partial charge in [0.25, 0.3) is 0 Å². The zero-order valence-corrected chi connectivity index (χ0v) is 38.2. The molecule has 1 spiro atoms. The predicted octanol–water partition coefficient (Wildman–Crippen LogP) is 18.5.